The van der Waals surface area contributed by atoms with Gasteiger partial charge in [0, 0.05) is 17.5 Å². The van der Waals surface area contributed by atoms with Crippen LogP contribution in [0.5, 0.6) is 0 Å². The third-order valence-corrected chi connectivity index (χ3v) is 3.41. The highest BCUT2D eigenvalue weighted by molar-refractivity contribution is 5.68. The van der Waals surface area contributed by atoms with Crippen molar-refractivity contribution in [3.63, 3.8) is 0 Å². The third kappa shape index (κ3) is 0.598. The van der Waals surface area contributed by atoms with Gasteiger partial charge in [0.05, 0.1) is 12.1 Å². The van der Waals surface area contributed by atoms with Crippen LogP contribution in [-0.4, -0.2) is 23.3 Å². The van der Waals surface area contributed by atoms with Crippen molar-refractivity contribution in [3.8, 4) is 0 Å². The summed E-state index contributed by atoms with van der Waals surface area (Å²) in [4.78, 5) is 0. The molecule has 2 heteroatoms. The molecule has 3 unspecified atom stereocenters. The van der Waals surface area contributed by atoms with Gasteiger partial charge in [-0.05, 0) is 6.42 Å². The molecule has 2 bridgehead atoms. The van der Waals surface area contributed by atoms with Gasteiger partial charge in [-0.2, -0.15) is 5.10 Å². The molecule has 0 N–H and O–H groups in total. The van der Waals surface area contributed by atoms with Crippen LogP contribution in [0.25, 0.3) is 0 Å². The average Bonchev–Trinajstić information content (AvgIpc) is 2.61. The summed E-state index contributed by atoms with van der Waals surface area (Å²) in [5.74, 6) is 0.757. The largest absolute Gasteiger partial charge is 0.286 e. The third-order valence-electron chi connectivity index (χ3n) is 3.41. The predicted octanol–water partition coefficient (Wildman–Crippen LogP) is 1.64. The van der Waals surface area contributed by atoms with E-state index in [1.165, 1.54) is 6.42 Å². The smallest absolute Gasteiger partial charge is 0.0661 e. The first-order valence-corrected chi connectivity index (χ1v) is 4.70. The fourth-order valence-corrected chi connectivity index (χ4v) is 2.88. The summed E-state index contributed by atoms with van der Waals surface area (Å²) in [6, 6.07) is 1.26. The molecule has 1 saturated heterocycles. The van der Waals surface area contributed by atoms with Crippen molar-refractivity contribution in [2.75, 3.05) is 0 Å². The van der Waals surface area contributed by atoms with Crippen LogP contribution in [-0.2, 0) is 0 Å². The van der Waals surface area contributed by atoms with E-state index in [-0.39, 0.29) is 5.41 Å². The normalized spacial score (nSPS) is 45.8. The Labute approximate surface area is 72.9 Å². The van der Waals surface area contributed by atoms with E-state index >= 15 is 0 Å². The first-order valence-electron chi connectivity index (χ1n) is 4.70. The summed E-state index contributed by atoms with van der Waals surface area (Å²) in [6.07, 6.45) is 8.09. The van der Waals surface area contributed by atoms with Crippen molar-refractivity contribution in [1.82, 2.24) is 5.01 Å². The Bertz CT molecular complexity index is 278. The quantitative estimate of drug-likeness (QED) is 0.494. The zero-order chi connectivity index (χ0) is 8.34. The van der Waals surface area contributed by atoms with Crippen molar-refractivity contribution < 1.29 is 0 Å². The Balaban J connectivity index is 2.04. The van der Waals surface area contributed by atoms with Crippen LogP contribution in [0.3, 0.4) is 0 Å². The van der Waals surface area contributed by atoms with Gasteiger partial charge in [0.25, 0.3) is 0 Å². The molecule has 64 valence electrons. The summed E-state index contributed by atoms with van der Waals surface area (Å²) >= 11 is 0. The van der Waals surface area contributed by atoms with Crippen molar-refractivity contribution in [2.45, 2.75) is 32.4 Å². The minimum Gasteiger partial charge on any atom is -0.286 e. The number of nitrogens with zero attached hydrogens (tertiary/aromatic N) is 2. The van der Waals surface area contributed by atoms with E-state index in [1.807, 2.05) is 0 Å². The topological polar surface area (TPSA) is 15.6 Å². The molecule has 0 aromatic heterocycles. The lowest BCUT2D eigenvalue weighted by Gasteiger charge is -2.32. The maximum Gasteiger partial charge on any atom is 0.0661 e. The van der Waals surface area contributed by atoms with Gasteiger partial charge in [0.1, 0.15) is 0 Å². The Morgan fingerprint density at radius 1 is 1.42 bits per heavy atom. The molecule has 2 heterocycles. The molecule has 0 aromatic rings. The van der Waals surface area contributed by atoms with Gasteiger partial charge in [0.15, 0.2) is 0 Å². The van der Waals surface area contributed by atoms with Crippen LogP contribution in [0.1, 0.15) is 20.3 Å². The molecule has 2 nitrogen and oxygen atoms in total. The molecule has 3 atom stereocenters. The lowest BCUT2D eigenvalue weighted by atomic mass is 9.80. The number of fused-ring (bicyclic) bond motifs is 5. The van der Waals surface area contributed by atoms with Crippen LogP contribution in [0.15, 0.2) is 17.3 Å². The van der Waals surface area contributed by atoms with Gasteiger partial charge in [0.2, 0.25) is 0 Å². The first kappa shape index (κ1) is 6.70. The summed E-state index contributed by atoms with van der Waals surface area (Å²) in [7, 11) is 0. The zero-order valence-electron chi connectivity index (χ0n) is 7.57. The second kappa shape index (κ2) is 1.76. The van der Waals surface area contributed by atoms with Crippen molar-refractivity contribution in [1.29, 1.82) is 0 Å². The molecule has 0 radical (unpaired) electrons. The standard InChI is InChI=1S/C10H14N2/c1-10(2)6-11-12-8-4-3-7(5-8)9(10)12/h3-4,6-9H,5H2,1-2H3. The van der Waals surface area contributed by atoms with E-state index in [2.05, 4.69) is 42.3 Å². The number of hydrogen-bond donors (Lipinski definition) is 0. The van der Waals surface area contributed by atoms with Gasteiger partial charge >= 0.3 is 0 Å². The van der Waals surface area contributed by atoms with Gasteiger partial charge in [-0.25, -0.2) is 0 Å². The minimum atomic E-state index is 0.282. The molecule has 3 rings (SSSR count). The van der Waals surface area contributed by atoms with Crippen LogP contribution >= 0.6 is 0 Å². The molecule has 2 aliphatic heterocycles. The van der Waals surface area contributed by atoms with Crippen molar-refractivity contribution in [3.05, 3.63) is 12.2 Å². The van der Waals surface area contributed by atoms with Gasteiger partial charge in [-0.15, -0.1) is 0 Å². The van der Waals surface area contributed by atoms with E-state index in [0.29, 0.717) is 12.1 Å². The van der Waals surface area contributed by atoms with Crippen molar-refractivity contribution >= 4 is 6.21 Å². The molecular formula is C10H14N2. The van der Waals surface area contributed by atoms with Crippen LogP contribution in [0.2, 0.25) is 0 Å². The maximum absolute atomic E-state index is 4.49. The first-order chi connectivity index (χ1) is 5.68. The summed E-state index contributed by atoms with van der Waals surface area (Å²) < 4.78 is 0. The van der Waals surface area contributed by atoms with E-state index in [1.54, 1.807) is 0 Å². The molecule has 0 saturated carbocycles. The lowest BCUT2D eigenvalue weighted by molar-refractivity contribution is 0.169. The fraction of sp³-hybridized carbons (Fsp3) is 0.700. The predicted molar refractivity (Wildman–Crippen MR) is 48.9 cm³/mol. The van der Waals surface area contributed by atoms with E-state index < -0.39 is 0 Å². The zero-order valence-corrected chi connectivity index (χ0v) is 7.57. The highest BCUT2D eigenvalue weighted by Crippen LogP contribution is 2.47. The van der Waals surface area contributed by atoms with Crippen LogP contribution < -0.4 is 0 Å². The monoisotopic (exact) mass is 162 g/mol. The second-order valence-corrected chi connectivity index (χ2v) is 4.74. The van der Waals surface area contributed by atoms with Crippen LogP contribution in [0.4, 0.5) is 0 Å². The molecule has 0 amide bonds. The Morgan fingerprint density at radius 2 is 2.25 bits per heavy atom. The number of hydrazone groups is 1. The highest BCUT2D eigenvalue weighted by Gasteiger charge is 2.51. The SMILES string of the molecule is CC1(C)C=NN2C3C=CC(C3)C21. The molecule has 1 aliphatic carbocycles. The van der Waals surface area contributed by atoms with Crippen molar-refractivity contribution in [2.24, 2.45) is 16.4 Å². The Kier molecular flexibility index (Phi) is 0.980. The minimum absolute atomic E-state index is 0.282. The van der Waals surface area contributed by atoms with Crippen LogP contribution in [0, 0.1) is 11.3 Å². The summed E-state index contributed by atoms with van der Waals surface area (Å²) in [5, 5.41) is 6.79. The van der Waals surface area contributed by atoms with E-state index in [0.717, 1.165) is 5.92 Å². The highest BCUT2D eigenvalue weighted by atomic mass is 15.5. The maximum atomic E-state index is 4.49. The van der Waals surface area contributed by atoms with Gasteiger partial charge < -0.3 is 0 Å². The van der Waals surface area contributed by atoms with E-state index in [9.17, 15) is 0 Å². The molecule has 12 heavy (non-hydrogen) atoms. The van der Waals surface area contributed by atoms with E-state index in [4.69, 9.17) is 0 Å². The van der Waals surface area contributed by atoms with Gasteiger partial charge in [-0.3, -0.25) is 5.01 Å². The lowest BCUT2D eigenvalue weighted by Crippen LogP contribution is -2.40. The molecule has 3 aliphatic rings. The number of hydrogen-bond acceptors (Lipinski definition) is 2. The molecule has 1 fully saturated rings. The Morgan fingerprint density at radius 3 is 3.00 bits per heavy atom. The average molecular weight is 162 g/mol. The fourth-order valence-electron chi connectivity index (χ4n) is 2.88. The molecular weight excluding hydrogens is 148 g/mol. The summed E-state index contributed by atoms with van der Waals surface area (Å²) in [6.45, 7) is 4.57. The molecule has 0 aromatic carbocycles. The van der Waals surface area contributed by atoms with Gasteiger partial charge in [-0.1, -0.05) is 26.0 Å². The second-order valence-electron chi connectivity index (χ2n) is 4.74. The molecule has 0 spiro atoms. The summed E-state index contributed by atoms with van der Waals surface area (Å²) in [5.41, 5.74) is 0.282. The Hall–Kier alpha value is -0.790. The number of rotatable bonds is 0.